The van der Waals surface area contributed by atoms with Gasteiger partial charge in [0.1, 0.15) is 5.82 Å². The Morgan fingerprint density at radius 3 is 2.81 bits per heavy atom. The molecule has 0 aliphatic heterocycles. The molecule has 2 rings (SSSR count). The standard InChI is InChI=1S/C15H12BrN3O2/c1-2-21-15(20)11-4-6-14(18-9-11)19-13-5-3-10(8-17)7-12(13)16/h3-7,9H,2H2,1H3,(H,18,19). The summed E-state index contributed by atoms with van der Waals surface area (Å²) in [7, 11) is 0. The van der Waals surface area contributed by atoms with E-state index in [-0.39, 0.29) is 0 Å². The molecule has 0 amide bonds. The summed E-state index contributed by atoms with van der Waals surface area (Å²) in [5.41, 5.74) is 1.75. The van der Waals surface area contributed by atoms with Gasteiger partial charge in [0.15, 0.2) is 0 Å². The van der Waals surface area contributed by atoms with E-state index in [1.165, 1.54) is 6.20 Å². The number of esters is 1. The van der Waals surface area contributed by atoms with E-state index in [0.717, 1.165) is 10.2 Å². The van der Waals surface area contributed by atoms with Gasteiger partial charge in [-0.1, -0.05) is 0 Å². The van der Waals surface area contributed by atoms with Gasteiger partial charge in [-0.15, -0.1) is 0 Å². The topological polar surface area (TPSA) is 75.0 Å². The van der Waals surface area contributed by atoms with Gasteiger partial charge in [0.05, 0.1) is 29.5 Å². The molecule has 1 aromatic carbocycles. The predicted molar refractivity (Wildman–Crippen MR) is 82.3 cm³/mol. The average Bonchev–Trinajstić information content (AvgIpc) is 2.50. The van der Waals surface area contributed by atoms with Crippen LogP contribution in [-0.2, 0) is 4.74 Å². The number of hydrogen-bond acceptors (Lipinski definition) is 5. The Balaban J connectivity index is 2.14. The number of nitriles is 1. The Kier molecular flexibility index (Phi) is 4.90. The van der Waals surface area contributed by atoms with E-state index in [1.54, 1.807) is 37.3 Å². The monoisotopic (exact) mass is 345 g/mol. The lowest BCUT2D eigenvalue weighted by atomic mass is 10.2. The van der Waals surface area contributed by atoms with E-state index in [1.807, 2.05) is 0 Å². The maximum absolute atomic E-state index is 11.5. The van der Waals surface area contributed by atoms with E-state index in [4.69, 9.17) is 10.00 Å². The van der Waals surface area contributed by atoms with Crippen LogP contribution in [0.25, 0.3) is 0 Å². The fourth-order valence-corrected chi connectivity index (χ4v) is 2.10. The fraction of sp³-hybridized carbons (Fsp3) is 0.133. The highest BCUT2D eigenvalue weighted by Gasteiger charge is 2.07. The lowest BCUT2D eigenvalue weighted by Gasteiger charge is -2.08. The van der Waals surface area contributed by atoms with Gasteiger partial charge in [-0.2, -0.15) is 5.26 Å². The van der Waals surface area contributed by atoms with Crippen molar-refractivity contribution >= 4 is 33.4 Å². The van der Waals surface area contributed by atoms with Crippen LogP contribution in [0.2, 0.25) is 0 Å². The number of hydrogen-bond donors (Lipinski definition) is 1. The van der Waals surface area contributed by atoms with Crippen molar-refractivity contribution in [1.82, 2.24) is 4.98 Å². The number of benzene rings is 1. The quantitative estimate of drug-likeness (QED) is 0.856. The van der Waals surface area contributed by atoms with Crippen molar-refractivity contribution in [3.8, 4) is 6.07 Å². The molecule has 2 aromatic rings. The third-order valence-corrected chi connectivity index (χ3v) is 3.29. The van der Waals surface area contributed by atoms with E-state index >= 15 is 0 Å². The fourth-order valence-electron chi connectivity index (χ4n) is 1.63. The van der Waals surface area contributed by atoms with E-state index in [2.05, 4.69) is 32.3 Å². The zero-order valence-corrected chi connectivity index (χ0v) is 12.8. The molecule has 0 bridgehead atoms. The van der Waals surface area contributed by atoms with Crippen LogP contribution < -0.4 is 5.32 Å². The largest absolute Gasteiger partial charge is 0.462 e. The highest BCUT2D eigenvalue weighted by molar-refractivity contribution is 9.10. The van der Waals surface area contributed by atoms with E-state index in [0.29, 0.717) is 23.6 Å². The van der Waals surface area contributed by atoms with Crippen LogP contribution in [0, 0.1) is 11.3 Å². The second-order valence-corrected chi connectivity index (χ2v) is 4.94. The molecule has 5 nitrogen and oxygen atoms in total. The molecule has 106 valence electrons. The number of halogens is 1. The van der Waals surface area contributed by atoms with Gasteiger partial charge in [0, 0.05) is 10.7 Å². The lowest BCUT2D eigenvalue weighted by molar-refractivity contribution is 0.0526. The first-order valence-electron chi connectivity index (χ1n) is 6.24. The Morgan fingerprint density at radius 1 is 1.43 bits per heavy atom. The molecule has 6 heteroatoms. The number of nitrogens with one attached hydrogen (secondary N) is 1. The van der Waals surface area contributed by atoms with Crippen LogP contribution in [0.5, 0.6) is 0 Å². The molecule has 1 heterocycles. The summed E-state index contributed by atoms with van der Waals surface area (Å²) in [4.78, 5) is 15.7. The van der Waals surface area contributed by atoms with Gasteiger partial charge >= 0.3 is 5.97 Å². The van der Waals surface area contributed by atoms with Gasteiger partial charge in [-0.25, -0.2) is 9.78 Å². The average molecular weight is 346 g/mol. The van der Waals surface area contributed by atoms with Gasteiger partial charge in [-0.05, 0) is 53.2 Å². The summed E-state index contributed by atoms with van der Waals surface area (Å²) in [6, 6.07) is 10.6. The molecule has 0 saturated heterocycles. The Labute approximate surface area is 130 Å². The third-order valence-electron chi connectivity index (χ3n) is 2.64. The first-order valence-corrected chi connectivity index (χ1v) is 7.03. The number of carbonyl (C=O) groups excluding carboxylic acids is 1. The number of aromatic nitrogens is 1. The SMILES string of the molecule is CCOC(=O)c1ccc(Nc2ccc(C#N)cc2Br)nc1. The molecule has 0 aliphatic rings. The van der Waals surface area contributed by atoms with Gasteiger partial charge in [0.25, 0.3) is 0 Å². The van der Waals surface area contributed by atoms with Gasteiger partial charge in [0.2, 0.25) is 0 Å². The predicted octanol–water partition coefficient (Wildman–Crippen LogP) is 3.64. The number of ether oxygens (including phenoxy) is 1. The van der Waals surface area contributed by atoms with E-state index < -0.39 is 5.97 Å². The zero-order valence-electron chi connectivity index (χ0n) is 11.3. The van der Waals surface area contributed by atoms with Crippen LogP contribution in [0.3, 0.4) is 0 Å². The molecule has 1 aromatic heterocycles. The number of pyridine rings is 1. The summed E-state index contributed by atoms with van der Waals surface area (Å²) in [6.45, 7) is 2.08. The van der Waals surface area contributed by atoms with Crippen molar-refractivity contribution < 1.29 is 9.53 Å². The van der Waals surface area contributed by atoms with Crippen molar-refractivity contribution in [2.24, 2.45) is 0 Å². The highest BCUT2D eigenvalue weighted by Crippen LogP contribution is 2.26. The molecule has 0 radical (unpaired) electrons. The second-order valence-electron chi connectivity index (χ2n) is 4.08. The molecule has 0 saturated carbocycles. The van der Waals surface area contributed by atoms with Crippen molar-refractivity contribution in [3.63, 3.8) is 0 Å². The Bertz CT molecular complexity index is 693. The summed E-state index contributed by atoms with van der Waals surface area (Å²) < 4.78 is 5.66. The van der Waals surface area contributed by atoms with Crippen molar-refractivity contribution in [2.75, 3.05) is 11.9 Å². The molecular weight excluding hydrogens is 334 g/mol. The van der Waals surface area contributed by atoms with Crippen molar-refractivity contribution in [1.29, 1.82) is 5.26 Å². The smallest absolute Gasteiger partial charge is 0.339 e. The number of rotatable bonds is 4. The first-order chi connectivity index (χ1) is 10.1. The van der Waals surface area contributed by atoms with Gasteiger partial charge in [-0.3, -0.25) is 0 Å². The minimum atomic E-state index is -0.392. The maximum atomic E-state index is 11.5. The Hall–Kier alpha value is -2.39. The molecule has 0 unspecified atom stereocenters. The van der Waals surface area contributed by atoms with Crippen molar-refractivity contribution in [3.05, 3.63) is 52.1 Å². The summed E-state index contributed by atoms with van der Waals surface area (Å²) in [5, 5.41) is 11.9. The molecule has 0 atom stereocenters. The van der Waals surface area contributed by atoms with Gasteiger partial charge < -0.3 is 10.1 Å². The summed E-state index contributed by atoms with van der Waals surface area (Å²) >= 11 is 3.39. The molecular formula is C15H12BrN3O2. The number of nitrogens with zero attached hydrogens (tertiary/aromatic N) is 2. The van der Waals surface area contributed by atoms with Crippen LogP contribution in [0.1, 0.15) is 22.8 Å². The van der Waals surface area contributed by atoms with Crippen molar-refractivity contribution in [2.45, 2.75) is 6.92 Å². The van der Waals surface area contributed by atoms with Crippen LogP contribution in [0.15, 0.2) is 41.0 Å². The number of anilines is 2. The molecule has 21 heavy (non-hydrogen) atoms. The third kappa shape index (κ3) is 3.80. The number of carbonyl (C=O) groups is 1. The van der Waals surface area contributed by atoms with Crippen LogP contribution in [0.4, 0.5) is 11.5 Å². The highest BCUT2D eigenvalue weighted by atomic mass is 79.9. The lowest BCUT2D eigenvalue weighted by Crippen LogP contribution is -2.05. The summed E-state index contributed by atoms with van der Waals surface area (Å²) in [6.07, 6.45) is 1.46. The first kappa shape index (κ1) is 15.0. The normalized spacial score (nSPS) is 9.76. The minimum Gasteiger partial charge on any atom is -0.462 e. The maximum Gasteiger partial charge on any atom is 0.339 e. The molecule has 1 N–H and O–H groups in total. The summed E-state index contributed by atoms with van der Waals surface area (Å²) in [5.74, 6) is 0.199. The molecule has 0 spiro atoms. The van der Waals surface area contributed by atoms with E-state index in [9.17, 15) is 4.79 Å². The Morgan fingerprint density at radius 2 is 2.24 bits per heavy atom. The van der Waals surface area contributed by atoms with Crippen LogP contribution in [-0.4, -0.2) is 17.6 Å². The second kappa shape index (κ2) is 6.86. The molecule has 0 fully saturated rings. The minimum absolute atomic E-state index is 0.330. The molecule has 0 aliphatic carbocycles. The van der Waals surface area contributed by atoms with Crippen LogP contribution >= 0.6 is 15.9 Å². The zero-order chi connectivity index (χ0) is 15.2.